The van der Waals surface area contributed by atoms with E-state index < -0.39 is 0 Å². The molecule has 1 saturated heterocycles. The van der Waals surface area contributed by atoms with Gasteiger partial charge in [-0.05, 0) is 17.5 Å². The van der Waals surface area contributed by atoms with Crippen molar-refractivity contribution < 1.29 is 4.79 Å². The van der Waals surface area contributed by atoms with E-state index in [-0.39, 0.29) is 16.4 Å². The van der Waals surface area contributed by atoms with E-state index in [1.54, 1.807) is 0 Å². The summed E-state index contributed by atoms with van der Waals surface area (Å²) >= 11 is 1.95. The summed E-state index contributed by atoms with van der Waals surface area (Å²) in [5.41, 5.74) is 2.55. The van der Waals surface area contributed by atoms with Crippen molar-refractivity contribution in [2.45, 2.75) is 30.3 Å². The Hall–Kier alpha value is -1.54. The van der Waals surface area contributed by atoms with Crippen molar-refractivity contribution in [1.29, 1.82) is 0 Å². The first-order valence-electron chi connectivity index (χ1n) is 7.57. The fraction of sp³-hybridized carbons (Fsp3) is 0.316. The highest BCUT2D eigenvalue weighted by molar-refractivity contribution is 7.99. The van der Waals surface area contributed by atoms with Gasteiger partial charge in [0.25, 0.3) is 0 Å². The third-order valence-corrected chi connectivity index (χ3v) is 5.88. The predicted molar refractivity (Wildman–Crippen MR) is 89.4 cm³/mol. The Bertz CT molecular complexity index is 593. The summed E-state index contributed by atoms with van der Waals surface area (Å²) in [6.07, 6.45) is 1.59. The maximum Gasteiger partial charge on any atom is 0.138 e. The zero-order chi connectivity index (χ0) is 14.7. The van der Waals surface area contributed by atoms with Gasteiger partial charge in [0.05, 0.1) is 0 Å². The summed E-state index contributed by atoms with van der Waals surface area (Å²) in [6.45, 7) is 2.13. The van der Waals surface area contributed by atoms with Crippen LogP contribution in [0.4, 0.5) is 0 Å². The molecule has 1 heterocycles. The highest BCUT2D eigenvalue weighted by atomic mass is 32.2. The fourth-order valence-corrected chi connectivity index (χ4v) is 4.86. The smallest absolute Gasteiger partial charge is 0.138 e. The van der Waals surface area contributed by atoms with E-state index in [2.05, 4.69) is 55.5 Å². The number of hydrogen-bond donors (Lipinski definition) is 0. The lowest BCUT2D eigenvalue weighted by Crippen LogP contribution is -2.27. The second kappa shape index (κ2) is 6.48. The van der Waals surface area contributed by atoms with Crippen LogP contribution >= 0.6 is 11.8 Å². The molecule has 0 radical (unpaired) electrons. The van der Waals surface area contributed by atoms with Crippen molar-refractivity contribution in [3.8, 4) is 0 Å². The molecule has 0 N–H and O–H groups in total. The minimum absolute atomic E-state index is 0.150. The first kappa shape index (κ1) is 14.4. The third kappa shape index (κ3) is 3.06. The topological polar surface area (TPSA) is 17.1 Å². The molecule has 0 amide bonds. The lowest BCUT2D eigenvalue weighted by molar-refractivity contribution is -0.123. The molecule has 0 spiro atoms. The van der Waals surface area contributed by atoms with Crippen LogP contribution in [0.15, 0.2) is 60.7 Å². The number of thioether (sulfide) groups is 1. The predicted octanol–water partition coefficient (Wildman–Crippen LogP) is 5.20. The number of Topliss-reactive ketones (excluding diaryl/α,β-unsaturated/α-hetero) is 1. The quantitative estimate of drug-likeness (QED) is 0.774. The van der Waals surface area contributed by atoms with Gasteiger partial charge in [0.15, 0.2) is 0 Å². The fourth-order valence-electron chi connectivity index (χ4n) is 3.08. The van der Waals surface area contributed by atoms with E-state index in [9.17, 15) is 4.79 Å². The van der Waals surface area contributed by atoms with E-state index in [1.165, 1.54) is 11.1 Å². The summed E-state index contributed by atoms with van der Waals surface area (Å²) in [6, 6.07) is 20.9. The van der Waals surface area contributed by atoms with Crippen molar-refractivity contribution in [3.05, 3.63) is 71.8 Å². The standard InChI is InChI=1S/C19H20OS/c1-2-16-17(20)13-18(14-9-5-3-6-10-14)21-19(16)15-11-7-4-8-12-15/h3-12,16,18-19H,2,13H2,1H3. The van der Waals surface area contributed by atoms with Gasteiger partial charge in [-0.1, -0.05) is 67.6 Å². The van der Waals surface area contributed by atoms with Crippen LogP contribution in [0.25, 0.3) is 0 Å². The molecule has 0 saturated carbocycles. The molecular formula is C19H20OS. The van der Waals surface area contributed by atoms with Crippen molar-refractivity contribution in [2.24, 2.45) is 5.92 Å². The van der Waals surface area contributed by atoms with Crippen LogP contribution in [0.1, 0.15) is 41.4 Å². The molecule has 0 aliphatic carbocycles. The first-order valence-corrected chi connectivity index (χ1v) is 8.52. The number of hydrogen-bond acceptors (Lipinski definition) is 2. The largest absolute Gasteiger partial charge is 0.299 e. The maximum atomic E-state index is 12.6. The van der Waals surface area contributed by atoms with Gasteiger partial charge < -0.3 is 0 Å². The van der Waals surface area contributed by atoms with Crippen molar-refractivity contribution in [2.75, 3.05) is 0 Å². The van der Waals surface area contributed by atoms with E-state index in [0.717, 1.165) is 6.42 Å². The number of benzene rings is 2. The van der Waals surface area contributed by atoms with E-state index in [4.69, 9.17) is 0 Å². The summed E-state index contributed by atoms with van der Waals surface area (Å²) in [7, 11) is 0. The molecule has 3 unspecified atom stereocenters. The van der Waals surface area contributed by atoms with E-state index >= 15 is 0 Å². The van der Waals surface area contributed by atoms with Crippen LogP contribution < -0.4 is 0 Å². The molecule has 1 fully saturated rings. The van der Waals surface area contributed by atoms with Gasteiger partial charge >= 0.3 is 0 Å². The Kier molecular flexibility index (Phi) is 4.45. The zero-order valence-corrected chi connectivity index (χ0v) is 13.1. The van der Waals surface area contributed by atoms with Gasteiger partial charge in [0.2, 0.25) is 0 Å². The molecule has 0 bridgehead atoms. The molecular weight excluding hydrogens is 276 g/mol. The van der Waals surface area contributed by atoms with Crippen LogP contribution in [0.5, 0.6) is 0 Å². The molecule has 2 heteroatoms. The minimum Gasteiger partial charge on any atom is -0.299 e. The molecule has 1 aliphatic heterocycles. The van der Waals surface area contributed by atoms with E-state index in [0.29, 0.717) is 12.2 Å². The molecule has 3 atom stereocenters. The number of carbonyl (C=O) groups is 1. The molecule has 2 aromatic rings. The molecule has 2 aromatic carbocycles. The average Bonchev–Trinajstić information content (AvgIpc) is 2.55. The summed E-state index contributed by atoms with van der Waals surface area (Å²) in [5.74, 6) is 0.566. The Morgan fingerprint density at radius 2 is 1.52 bits per heavy atom. The van der Waals surface area contributed by atoms with Crippen LogP contribution in [0.2, 0.25) is 0 Å². The first-order chi connectivity index (χ1) is 10.3. The summed E-state index contributed by atoms with van der Waals surface area (Å²) in [5, 5.41) is 0.564. The second-order valence-electron chi connectivity index (χ2n) is 5.55. The van der Waals surface area contributed by atoms with Gasteiger partial charge in [-0.3, -0.25) is 4.79 Å². The molecule has 1 aliphatic rings. The molecule has 0 aromatic heterocycles. The SMILES string of the molecule is CCC1C(=O)CC(c2ccccc2)SC1c1ccccc1. The van der Waals surface area contributed by atoms with Crippen LogP contribution in [-0.2, 0) is 4.79 Å². The summed E-state index contributed by atoms with van der Waals surface area (Å²) < 4.78 is 0. The number of carbonyl (C=O) groups excluding carboxylic acids is 1. The highest BCUT2D eigenvalue weighted by Gasteiger charge is 2.37. The third-order valence-electron chi connectivity index (χ3n) is 4.22. The Morgan fingerprint density at radius 3 is 2.10 bits per heavy atom. The lowest BCUT2D eigenvalue weighted by atomic mass is 9.88. The molecule has 21 heavy (non-hydrogen) atoms. The monoisotopic (exact) mass is 296 g/mol. The summed E-state index contributed by atoms with van der Waals surface area (Å²) in [4.78, 5) is 12.6. The van der Waals surface area contributed by atoms with Gasteiger partial charge in [-0.15, -0.1) is 11.8 Å². The van der Waals surface area contributed by atoms with Crippen molar-refractivity contribution in [3.63, 3.8) is 0 Å². The van der Waals surface area contributed by atoms with Gasteiger partial charge in [-0.2, -0.15) is 0 Å². The highest BCUT2D eigenvalue weighted by Crippen LogP contribution is 2.52. The Morgan fingerprint density at radius 1 is 0.952 bits per heavy atom. The van der Waals surface area contributed by atoms with Crippen molar-refractivity contribution in [1.82, 2.24) is 0 Å². The molecule has 3 rings (SSSR count). The number of rotatable bonds is 3. The maximum absolute atomic E-state index is 12.6. The minimum atomic E-state index is 0.150. The van der Waals surface area contributed by atoms with Crippen LogP contribution in [0.3, 0.4) is 0 Å². The van der Waals surface area contributed by atoms with E-state index in [1.807, 2.05) is 23.9 Å². The normalized spacial score (nSPS) is 25.8. The van der Waals surface area contributed by atoms with Crippen LogP contribution in [-0.4, -0.2) is 5.78 Å². The number of ketones is 1. The second-order valence-corrected chi connectivity index (χ2v) is 6.90. The average molecular weight is 296 g/mol. The lowest BCUT2D eigenvalue weighted by Gasteiger charge is -2.35. The molecule has 108 valence electrons. The Labute approximate surface area is 130 Å². The van der Waals surface area contributed by atoms with Gasteiger partial charge in [-0.25, -0.2) is 0 Å². The van der Waals surface area contributed by atoms with Crippen molar-refractivity contribution >= 4 is 17.5 Å². The Balaban J connectivity index is 1.91. The zero-order valence-electron chi connectivity index (χ0n) is 12.2. The van der Waals surface area contributed by atoms with Gasteiger partial charge in [0, 0.05) is 22.8 Å². The van der Waals surface area contributed by atoms with Gasteiger partial charge in [0.1, 0.15) is 5.78 Å². The van der Waals surface area contributed by atoms with Crippen LogP contribution in [0, 0.1) is 5.92 Å². The molecule has 1 nitrogen and oxygen atoms in total.